The molecule has 0 unspecified atom stereocenters. The molecular weight excluding hydrogens is 342 g/mol. The maximum Gasteiger partial charge on any atom is 0.309 e. The number of carbonyl (C=O) groups is 2. The van der Waals surface area contributed by atoms with E-state index in [4.69, 9.17) is 9.47 Å². The lowest BCUT2D eigenvalue weighted by molar-refractivity contribution is -0.147. The van der Waals surface area contributed by atoms with E-state index < -0.39 is 5.97 Å². The molecule has 5 nitrogen and oxygen atoms in total. The average Bonchev–Trinajstić information content (AvgIpc) is 2.64. The number of rotatable bonds is 8. The van der Waals surface area contributed by atoms with Gasteiger partial charge in [0, 0.05) is 5.69 Å². The monoisotopic (exact) mass is 369 g/mol. The summed E-state index contributed by atoms with van der Waals surface area (Å²) in [6.45, 7) is 7.80. The number of hydrogen-bond donors (Lipinski definition) is 1. The maximum atomic E-state index is 12.1. The van der Waals surface area contributed by atoms with Crippen molar-refractivity contribution in [1.82, 2.24) is 0 Å². The van der Waals surface area contributed by atoms with E-state index in [-0.39, 0.29) is 25.5 Å². The Labute approximate surface area is 160 Å². The molecule has 0 aromatic heterocycles. The average molecular weight is 369 g/mol. The summed E-state index contributed by atoms with van der Waals surface area (Å²) in [4.78, 5) is 23.9. The molecule has 0 saturated carbocycles. The first-order valence-corrected chi connectivity index (χ1v) is 9.14. The van der Waals surface area contributed by atoms with Crippen LogP contribution >= 0.6 is 0 Å². The Morgan fingerprint density at radius 2 is 1.81 bits per heavy atom. The lowest BCUT2D eigenvalue weighted by Gasteiger charge is -2.13. The highest BCUT2D eigenvalue weighted by molar-refractivity contribution is 5.94. The topological polar surface area (TPSA) is 64.6 Å². The van der Waals surface area contributed by atoms with Crippen LogP contribution < -0.4 is 10.1 Å². The van der Waals surface area contributed by atoms with Crippen LogP contribution in [0.25, 0.3) is 0 Å². The summed E-state index contributed by atoms with van der Waals surface area (Å²) >= 11 is 0. The number of hydrogen-bond acceptors (Lipinski definition) is 4. The Morgan fingerprint density at radius 1 is 1.04 bits per heavy atom. The van der Waals surface area contributed by atoms with E-state index >= 15 is 0 Å². The van der Waals surface area contributed by atoms with E-state index in [1.165, 1.54) is 0 Å². The van der Waals surface area contributed by atoms with Crippen LogP contribution in [0.5, 0.6) is 5.75 Å². The van der Waals surface area contributed by atoms with Gasteiger partial charge in [-0.05, 0) is 55.5 Å². The molecule has 5 heteroatoms. The van der Waals surface area contributed by atoms with Crippen molar-refractivity contribution in [3.05, 3.63) is 58.7 Å². The van der Waals surface area contributed by atoms with Crippen molar-refractivity contribution in [3.8, 4) is 5.75 Å². The molecule has 0 aliphatic heterocycles. The van der Waals surface area contributed by atoms with E-state index in [1.54, 1.807) is 0 Å². The van der Waals surface area contributed by atoms with Crippen LogP contribution in [0.4, 0.5) is 5.69 Å². The molecule has 1 amide bonds. The standard InChI is InChI=1S/C22H27NO4/c1-5-18-8-6-7-17(4)22(18)23-20(24)14-27-21(25)11-12-26-19-13-15(2)9-10-16(19)3/h6-10,13H,5,11-12,14H2,1-4H3,(H,23,24). The van der Waals surface area contributed by atoms with Gasteiger partial charge in [0.1, 0.15) is 5.75 Å². The third-order valence-corrected chi connectivity index (χ3v) is 4.28. The third-order valence-electron chi connectivity index (χ3n) is 4.28. The first-order chi connectivity index (χ1) is 12.9. The van der Waals surface area contributed by atoms with E-state index in [0.29, 0.717) is 0 Å². The number of anilines is 1. The zero-order chi connectivity index (χ0) is 19.8. The molecular formula is C22H27NO4. The van der Waals surface area contributed by atoms with Gasteiger partial charge < -0.3 is 14.8 Å². The van der Waals surface area contributed by atoms with Gasteiger partial charge in [0.25, 0.3) is 5.91 Å². The zero-order valence-electron chi connectivity index (χ0n) is 16.4. The van der Waals surface area contributed by atoms with Crippen LogP contribution in [0, 0.1) is 20.8 Å². The van der Waals surface area contributed by atoms with Gasteiger partial charge in [0.2, 0.25) is 0 Å². The van der Waals surface area contributed by atoms with Crippen molar-refractivity contribution < 1.29 is 19.1 Å². The zero-order valence-corrected chi connectivity index (χ0v) is 16.4. The molecule has 0 fully saturated rings. The Bertz CT molecular complexity index is 814. The number of para-hydroxylation sites is 1. The van der Waals surface area contributed by atoms with E-state index in [9.17, 15) is 9.59 Å². The Kier molecular flexibility index (Phi) is 7.41. The first kappa shape index (κ1) is 20.5. The summed E-state index contributed by atoms with van der Waals surface area (Å²) in [5.41, 5.74) is 4.93. The molecule has 0 bridgehead atoms. The Hall–Kier alpha value is -2.82. The molecule has 0 radical (unpaired) electrons. The summed E-state index contributed by atoms with van der Waals surface area (Å²) in [5, 5.41) is 2.83. The van der Waals surface area contributed by atoms with Crippen molar-refractivity contribution in [2.24, 2.45) is 0 Å². The van der Waals surface area contributed by atoms with Gasteiger partial charge in [-0.15, -0.1) is 0 Å². The highest BCUT2D eigenvalue weighted by Crippen LogP contribution is 2.21. The number of aryl methyl sites for hydroxylation is 4. The van der Waals surface area contributed by atoms with Crippen LogP contribution in [-0.2, 0) is 20.7 Å². The number of amides is 1. The summed E-state index contributed by atoms with van der Waals surface area (Å²) in [6.07, 6.45) is 0.901. The largest absolute Gasteiger partial charge is 0.493 e. The van der Waals surface area contributed by atoms with E-state index in [1.807, 2.05) is 64.1 Å². The normalized spacial score (nSPS) is 10.4. The van der Waals surface area contributed by atoms with Gasteiger partial charge in [-0.3, -0.25) is 9.59 Å². The lowest BCUT2D eigenvalue weighted by atomic mass is 10.1. The number of ether oxygens (including phenoxy) is 2. The van der Waals surface area contributed by atoms with Gasteiger partial charge in [-0.25, -0.2) is 0 Å². The van der Waals surface area contributed by atoms with Gasteiger partial charge in [0.05, 0.1) is 13.0 Å². The highest BCUT2D eigenvalue weighted by atomic mass is 16.5. The summed E-state index contributed by atoms with van der Waals surface area (Å²) in [7, 11) is 0. The number of esters is 1. The lowest BCUT2D eigenvalue weighted by Crippen LogP contribution is -2.22. The van der Waals surface area contributed by atoms with Crippen molar-refractivity contribution in [2.45, 2.75) is 40.5 Å². The number of carbonyl (C=O) groups excluding carboxylic acids is 2. The fourth-order valence-corrected chi connectivity index (χ4v) is 2.70. The molecule has 27 heavy (non-hydrogen) atoms. The minimum absolute atomic E-state index is 0.0885. The molecule has 0 saturated heterocycles. The Balaban J connectivity index is 1.77. The van der Waals surface area contributed by atoms with Crippen molar-refractivity contribution >= 4 is 17.6 Å². The fraction of sp³-hybridized carbons (Fsp3) is 0.364. The van der Waals surface area contributed by atoms with E-state index in [2.05, 4.69) is 5.32 Å². The molecule has 0 atom stereocenters. The predicted octanol–water partition coefficient (Wildman–Crippen LogP) is 4.13. The molecule has 1 N–H and O–H groups in total. The smallest absolute Gasteiger partial charge is 0.309 e. The molecule has 0 aliphatic carbocycles. The summed E-state index contributed by atoms with van der Waals surface area (Å²) in [6, 6.07) is 11.8. The molecule has 0 aliphatic rings. The highest BCUT2D eigenvalue weighted by Gasteiger charge is 2.12. The van der Waals surface area contributed by atoms with Crippen molar-refractivity contribution in [3.63, 3.8) is 0 Å². The molecule has 2 aromatic carbocycles. The van der Waals surface area contributed by atoms with Crippen LogP contribution in [-0.4, -0.2) is 25.1 Å². The van der Waals surface area contributed by atoms with Gasteiger partial charge in [-0.1, -0.05) is 37.3 Å². The van der Waals surface area contributed by atoms with Gasteiger partial charge in [0.15, 0.2) is 6.61 Å². The third kappa shape index (κ3) is 6.13. The quantitative estimate of drug-likeness (QED) is 0.711. The fourth-order valence-electron chi connectivity index (χ4n) is 2.70. The molecule has 2 aromatic rings. The van der Waals surface area contributed by atoms with Crippen LogP contribution in [0.15, 0.2) is 36.4 Å². The molecule has 0 spiro atoms. The second-order valence-electron chi connectivity index (χ2n) is 6.54. The molecule has 144 valence electrons. The molecule has 0 heterocycles. The summed E-state index contributed by atoms with van der Waals surface area (Å²) in [5.74, 6) is -0.0501. The van der Waals surface area contributed by atoms with Crippen LogP contribution in [0.1, 0.15) is 35.6 Å². The van der Waals surface area contributed by atoms with Gasteiger partial charge in [-0.2, -0.15) is 0 Å². The van der Waals surface area contributed by atoms with Crippen LogP contribution in [0.2, 0.25) is 0 Å². The minimum Gasteiger partial charge on any atom is -0.493 e. The second kappa shape index (κ2) is 9.76. The Morgan fingerprint density at radius 3 is 2.56 bits per heavy atom. The first-order valence-electron chi connectivity index (χ1n) is 9.14. The van der Waals surface area contributed by atoms with Gasteiger partial charge >= 0.3 is 5.97 Å². The predicted molar refractivity (Wildman–Crippen MR) is 106 cm³/mol. The maximum absolute atomic E-state index is 12.1. The molecule has 2 rings (SSSR count). The van der Waals surface area contributed by atoms with Crippen LogP contribution in [0.3, 0.4) is 0 Å². The number of benzene rings is 2. The van der Waals surface area contributed by atoms with Crippen molar-refractivity contribution in [1.29, 1.82) is 0 Å². The minimum atomic E-state index is -0.462. The SMILES string of the molecule is CCc1cccc(C)c1NC(=O)COC(=O)CCOc1cc(C)ccc1C. The summed E-state index contributed by atoms with van der Waals surface area (Å²) < 4.78 is 10.7. The number of nitrogens with one attached hydrogen (secondary N) is 1. The second-order valence-corrected chi connectivity index (χ2v) is 6.54. The van der Waals surface area contributed by atoms with Crippen molar-refractivity contribution in [2.75, 3.05) is 18.5 Å². The van der Waals surface area contributed by atoms with E-state index in [0.717, 1.165) is 40.1 Å².